The zero-order chi connectivity index (χ0) is 10.4. The molecule has 0 amide bonds. The summed E-state index contributed by atoms with van der Waals surface area (Å²) in [6.07, 6.45) is 2.00. The van der Waals surface area contributed by atoms with Crippen molar-refractivity contribution in [3.63, 3.8) is 0 Å². The molecule has 0 radical (unpaired) electrons. The third-order valence-corrected chi connectivity index (χ3v) is 2.04. The zero-order valence-corrected chi connectivity index (χ0v) is 9.16. The second-order valence-corrected chi connectivity index (χ2v) is 3.39. The lowest BCUT2D eigenvalue weighted by atomic mass is 10.3. The van der Waals surface area contributed by atoms with Crippen molar-refractivity contribution in [1.82, 2.24) is 15.1 Å². The summed E-state index contributed by atoms with van der Waals surface area (Å²) in [4.78, 5) is 0. The second-order valence-electron chi connectivity index (χ2n) is 3.39. The molecule has 1 atom stereocenters. The fourth-order valence-electron chi connectivity index (χ4n) is 1.46. The number of nitrogens with one attached hydrogen (secondary N) is 1. The van der Waals surface area contributed by atoms with Crippen LogP contribution in [0.15, 0.2) is 12.3 Å². The molecule has 0 aromatic carbocycles. The summed E-state index contributed by atoms with van der Waals surface area (Å²) in [5.41, 5.74) is 1.05. The molecule has 1 unspecified atom stereocenters. The van der Waals surface area contributed by atoms with E-state index in [2.05, 4.69) is 17.3 Å². The summed E-state index contributed by atoms with van der Waals surface area (Å²) in [5, 5.41) is 7.69. The Morgan fingerprint density at radius 3 is 2.93 bits per heavy atom. The predicted octanol–water partition coefficient (Wildman–Crippen LogP) is 0.816. The molecule has 4 nitrogen and oxygen atoms in total. The minimum Gasteiger partial charge on any atom is -0.383 e. The first kappa shape index (κ1) is 11.2. The van der Waals surface area contributed by atoms with Gasteiger partial charge in [-0.15, -0.1) is 0 Å². The maximum Gasteiger partial charge on any atom is 0.0633 e. The highest BCUT2D eigenvalue weighted by Crippen LogP contribution is 1.96. The van der Waals surface area contributed by atoms with Crippen LogP contribution in [0.3, 0.4) is 0 Å². The van der Waals surface area contributed by atoms with Gasteiger partial charge in [0.15, 0.2) is 0 Å². The van der Waals surface area contributed by atoms with Crippen LogP contribution >= 0.6 is 0 Å². The summed E-state index contributed by atoms with van der Waals surface area (Å²) >= 11 is 0. The first-order chi connectivity index (χ1) is 6.76. The molecule has 1 N–H and O–H groups in total. The molecule has 0 aliphatic heterocycles. The highest BCUT2D eigenvalue weighted by Gasteiger charge is 2.07. The molecule has 0 fully saturated rings. The van der Waals surface area contributed by atoms with Gasteiger partial charge < -0.3 is 10.1 Å². The number of hydrogen-bond donors (Lipinski definition) is 1. The van der Waals surface area contributed by atoms with Crippen molar-refractivity contribution in [2.24, 2.45) is 0 Å². The number of nitrogens with zero attached hydrogens (tertiary/aromatic N) is 2. The minimum atomic E-state index is 0.337. The van der Waals surface area contributed by atoms with Gasteiger partial charge in [-0.3, -0.25) is 4.68 Å². The van der Waals surface area contributed by atoms with Crippen molar-refractivity contribution in [3.8, 4) is 0 Å². The molecule has 0 aliphatic carbocycles. The molecule has 1 heterocycles. The number of hydrogen-bond acceptors (Lipinski definition) is 3. The van der Waals surface area contributed by atoms with E-state index < -0.39 is 0 Å². The van der Waals surface area contributed by atoms with Gasteiger partial charge in [0.2, 0.25) is 0 Å². The first-order valence-electron chi connectivity index (χ1n) is 4.98. The Balaban J connectivity index is 2.46. The van der Waals surface area contributed by atoms with Gasteiger partial charge in [0.25, 0.3) is 0 Å². The van der Waals surface area contributed by atoms with Crippen molar-refractivity contribution in [3.05, 3.63) is 18.0 Å². The average Bonchev–Trinajstić information content (AvgIpc) is 2.52. The van der Waals surface area contributed by atoms with Gasteiger partial charge in [-0.2, -0.15) is 5.10 Å². The van der Waals surface area contributed by atoms with Crippen LogP contribution in [0.4, 0.5) is 0 Å². The summed E-state index contributed by atoms with van der Waals surface area (Å²) in [6, 6.07) is 2.35. The Morgan fingerprint density at radius 2 is 2.43 bits per heavy atom. The fourth-order valence-corrected chi connectivity index (χ4v) is 1.46. The van der Waals surface area contributed by atoms with E-state index >= 15 is 0 Å². The Kier molecular flexibility index (Phi) is 4.62. The normalized spacial score (nSPS) is 13.1. The van der Waals surface area contributed by atoms with Crippen LogP contribution in [0.5, 0.6) is 0 Å². The Bertz CT molecular complexity index is 254. The molecule has 0 spiro atoms. The van der Waals surface area contributed by atoms with Crippen molar-refractivity contribution in [2.45, 2.75) is 26.4 Å². The van der Waals surface area contributed by atoms with Crippen molar-refractivity contribution in [2.75, 3.05) is 20.3 Å². The van der Waals surface area contributed by atoms with E-state index in [4.69, 9.17) is 4.74 Å². The van der Waals surface area contributed by atoms with Gasteiger partial charge >= 0.3 is 0 Å². The van der Waals surface area contributed by atoms with E-state index in [1.807, 2.05) is 23.9 Å². The number of aryl methyl sites for hydroxylation is 1. The van der Waals surface area contributed by atoms with Crippen molar-refractivity contribution in [1.29, 1.82) is 0 Å². The van der Waals surface area contributed by atoms with Gasteiger partial charge in [-0.1, -0.05) is 6.92 Å². The molecule has 0 saturated carbocycles. The number of aromatic nitrogens is 2. The van der Waals surface area contributed by atoms with Crippen molar-refractivity contribution >= 4 is 0 Å². The highest BCUT2D eigenvalue weighted by molar-refractivity contribution is 4.95. The van der Waals surface area contributed by atoms with Gasteiger partial charge in [0.05, 0.1) is 24.9 Å². The third kappa shape index (κ3) is 3.47. The number of ether oxygens (including phenoxy) is 1. The minimum absolute atomic E-state index is 0.337. The monoisotopic (exact) mass is 197 g/mol. The fraction of sp³-hybridized carbons (Fsp3) is 0.700. The molecular formula is C10H19N3O. The standard InChI is InChI=1S/C10H19N3O/c1-4-11-10(8-14-3)7-13-6-5-9(2)12-13/h5-6,10-11H,4,7-8H2,1-3H3. The van der Waals surface area contributed by atoms with Crippen LogP contribution in [0.2, 0.25) is 0 Å². The summed E-state index contributed by atoms with van der Waals surface area (Å²) < 4.78 is 7.08. The molecule has 0 bridgehead atoms. The van der Waals surface area contributed by atoms with Crippen LogP contribution in [-0.2, 0) is 11.3 Å². The van der Waals surface area contributed by atoms with Crippen LogP contribution in [0, 0.1) is 6.92 Å². The van der Waals surface area contributed by atoms with E-state index in [0.717, 1.165) is 18.8 Å². The van der Waals surface area contributed by atoms with E-state index in [-0.39, 0.29) is 0 Å². The van der Waals surface area contributed by atoms with Gasteiger partial charge in [-0.05, 0) is 19.5 Å². The SMILES string of the molecule is CCNC(COC)Cn1ccc(C)n1. The maximum atomic E-state index is 5.13. The molecule has 1 rings (SSSR count). The lowest BCUT2D eigenvalue weighted by molar-refractivity contribution is 0.157. The quantitative estimate of drug-likeness (QED) is 0.733. The molecule has 1 aromatic heterocycles. The van der Waals surface area contributed by atoms with Crippen LogP contribution in [0.1, 0.15) is 12.6 Å². The summed E-state index contributed by atoms with van der Waals surface area (Å²) in [6.45, 7) is 6.61. The first-order valence-corrected chi connectivity index (χ1v) is 4.98. The smallest absolute Gasteiger partial charge is 0.0633 e. The van der Waals surface area contributed by atoms with Gasteiger partial charge in [0, 0.05) is 13.3 Å². The Labute approximate surface area is 85.3 Å². The molecule has 4 heteroatoms. The largest absolute Gasteiger partial charge is 0.383 e. The van der Waals surface area contributed by atoms with Crippen LogP contribution < -0.4 is 5.32 Å². The third-order valence-electron chi connectivity index (χ3n) is 2.04. The van der Waals surface area contributed by atoms with Gasteiger partial charge in [-0.25, -0.2) is 0 Å². The second kappa shape index (κ2) is 5.78. The number of rotatable bonds is 6. The van der Waals surface area contributed by atoms with Crippen LogP contribution in [-0.4, -0.2) is 36.1 Å². The predicted molar refractivity (Wildman–Crippen MR) is 56.3 cm³/mol. The lowest BCUT2D eigenvalue weighted by Gasteiger charge is -2.16. The zero-order valence-electron chi connectivity index (χ0n) is 9.16. The topological polar surface area (TPSA) is 39.1 Å². The maximum absolute atomic E-state index is 5.13. The summed E-state index contributed by atoms with van der Waals surface area (Å²) in [7, 11) is 1.72. The van der Waals surface area contributed by atoms with E-state index in [1.54, 1.807) is 7.11 Å². The Morgan fingerprint density at radius 1 is 1.64 bits per heavy atom. The Hall–Kier alpha value is -0.870. The average molecular weight is 197 g/mol. The number of likely N-dealkylation sites (N-methyl/N-ethyl adjacent to an activating group) is 1. The van der Waals surface area contributed by atoms with Gasteiger partial charge in [0.1, 0.15) is 0 Å². The lowest BCUT2D eigenvalue weighted by Crippen LogP contribution is -2.37. The summed E-state index contributed by atoms with van der Waals surface area (Å²) in [5.74, 6) is 0. The molecule has 0 aliphatic rings. The van der Waals surface area contributed by atoms with E-state index in [1.165, 1.54) is 0 Å². The van der Waals surface area contributed by atoms with E-state index in [9.17, 15) is 0 Å². The molecular weight excluding hydrogens is 178 g/mol. The van der Waals surface area contributed by atoms with E-state index in [0.29, 0.717) is 12.6 Å². The van der Waals surface area contributed by atoms with Crippen LogP contribution in [0.25, 0.3) is 0 Å². The molecule has 0 saturated heterocycles. The highest BCUT2D eigenvalue weighted by atomic mass is 16.5. The molecule has 80 valence electrons. The van der Waals surface area contributed by atoms with Crippen molar-refractivity contribution < 1.29 is 4.74 Å². The number of methoxy groups -OCH3 is 1. The molecule has 1 aromatic rings. The molecule has 14 heavy (non-hydrogen) atoms.